The maximum atomic E-state index is 11.4. The standard InChI is InChI=1S/C30H32N6O/c1-19-7-5-8-20(2)30-25(13-19)29(24-9-6-10-27-26(24)17-34(4)32-27)33-36(30)23-11-12-28(31-14-23)35-15-21(3)22(16-35)18-37/h6-7,9-14,17-18,21-22H,5,8,15-16H2,1-4H3/b19-7?,25-13-,30-20+. The van der Waals surface area contributed by atoms with Crippen LogP contribution < -0.4 is 15.5 Å². The highest BCUT2D eigenvalue weighted by Crippen LogP contribution is 2.27. The summed E-state index contributed by atoms with van der Waals surface area (Å²) < 4.78 is 3.92. The van der Waals surface area contributed by atoms with Gasteiger partial charge in [0.25, 0.3) is 0 Å². The Bertz CT molecular complexity index is 1660. The first-order valence-electron chi connectivity index (χ1n) is 13.0. The number of fused-ring (bicyclic) bond motifs is 2. The number of hydrogen-bond donors (Lipinski definition) is 0. The van der Waals surface area contributed by atoms with E-state index in [1.54, 1.807) is 0 Å². The molecular formula is C30H32N6O. The van der Waals surface area contributed by atoms with Crippen LogP contribution in [0.4, 0.5) is 5.82 Å². The first kappa shape index (κ1) is 23.4. The fourth-order valence-electron chi connectivity index (χ4n) is 5.70. The molecular weight excluding hydrogens is 460 g/mol. The first-order chi connectivity index (χ1) is 17.9. The maximum Gasteiger partial charge on any atom is 0.128 e. The molecule has 7 heteroatoms. The summed E-state index contributed by atoms with van der Waals surface area (Å²) in [6.45, 7) is 8.07. The van der Waals surface area contributed by atoms with Crippen LogP contribution in [0.15, 0.2) is 54.4 Å². The van der Waals surface area contributed by atoms with Gasteiger partial charge in [0.15, 0.2) is 0 Å². The number of rotatable bonds is 4. The van der Waals surface area contributed by atoms with Gasteiger partial charge in [-0.15, -0.1) is 0 Å². The van der Waals surface area contributed by atoms with E-state index in [0.717, 1.165) is 76.5 Å². The first-order valence-corrected chi connectivity index (χ1v) is 13.0. The normalized spacial score (nSPS) is 22.2. The highest BCUT2D eigenvalue weighted by Gasteiger charge is 2.30. The van der Waals surface area contributed by atoms with Gasteiger partial charge in [-0.25, -0.2) is 9.67 Å². The number of anilines is 1. The van der Waals surface area contributed by atoms with E-state index >= 15 is 0 Å². The molecule has 7 nitrogen and oxygen atoms in total. The molecule has 1 saturated heterocycles. The Labute approximate surface area is 216 Å². The summed E-state index contributed by atoms with van der Waals surface area (Å²) in [5.41, 5.74) is 6.47. The molecule has 2 unspecified atom stereocenters. The van der Waals surface area contributed by atoms with Gasteiger partial charge < -0.3 is 9.69 Å². The molecule has 0 amide bonds. The van der Waals surface area contributed by atoms with Crippen molar-refractivity contribution in [3.63, 3.8) is 0 Å². The van der Waals surface area contributed by atoms with Gasteiger partial charge in [0, 0.05) is 48.4 Å². The second-order valence-corrected chi connectivity index (χ2v) is 10.5. The lowest BCUT2D eigenvalue weighted by Gasteiger charge is -2.17. The highest BCUT2D eigenvalue weighted by atomic mass is 16.1. The zero-order valence-electron chi connectivity index (χ0n) is 21.8. The Kier molecular flexibility index (Phi) is 5.78. The van der Waals surface area contributed by atoms with E-state index in [1.807, 2.05) is 24.0 Å². The summed E-state index contributed by atoms with van der Waals surface area (Å²) in [5.74, 6) is 1.31. The topological polar surface area (TPSA) is 68.8 Å². The molecule has 1 aliphatic heterocycles. The summed E-state index contributed by atoms with van der Waals surface area (Å²) >= 11 is 0. The lowest BCUT2D eigenvalue weighted by Crippen LogP contribution is -2.32. The molecule has 1 fully saturated rings. The average molecular weight is 493 g/mol. The van der Waals surface area contributed by atoms with E-state index in [4.69, 9.17) is 10.1 Å². The SMILES string of the molecule is CC1=CCC/C(C)=c2\c(c(-c3cccc4nn(C)cc34)nn2-c2ccc(N3CC(C)C(C=O)C3)nc2)=C/1. The van der Waals surface area contributed by atoms with E-state index < -0.39 is 0 Å². The van der Waals surface area contributed by atoms with Crippen LogP contribution in [0.1, 0.15) is 33.6 Å². The molecule has 0 bridgehead atoms. The zero-order chi connectivity index (χ0) is 25.7. The Balaban J connectivity index is 1.53. The van der Waals surface area contributed by atoms with Gasteiger partial charge >= 0.3 is 0 Å². The molecule has 0 N–H and O–H groups in total. The maximum absolute atomic E-state index is 11.4. The quantitative estimate of drug-likeness (QED) is 0.406. The minimum absolute atomic E-state index is 0.0640. The number of aromatic nitrogens is 5. The van der Waals surface area contributed by atoms with Gasteiger partial charge in [-0.2, -0.15) is 10.2 Å². The minimum atomic E-state index is 0.0640. The van der Waals surface area contributed by atoms with Crippen LogP contribution in [0, 0.1) is 11.8 Å². The molecule has 37 heavy (non-hydrogen) atoms. The Hall–Kier alpha value is -4.00. The summed E-state index contributed by atoms with van der Waals surface area (Å²) in [7, 11) is 1.95. The summed E-state index contributed by atoms with van der Waals surface area (Å²) in [6.07, 6.45) is 11.6. The van der Waals surface area contributed by atoms with E-state index in [9.17, 15) is 4.79 Å². The van der Waals surface area contributed by atoms with Gasteiger partial charge in [0.2, 0.25) is 0 Å². The molecule has 6 rings (SSSR count). The van der Waals surface area contributed by atoms with E-state index in [0.29, 0.717) is 5.92 Å². The number of aryl methyl sites for hydroxylation is 1. The highest BCUT2D eigenvalue weighted by molar-refractivity contribution is 5.93. The average Bonchev–Trinajstić information content (AvgIpc) is 3.56. The predicted molar refractivity (Wildman–Crippen MR) is 148 cm³/mol. The Morgan fingerprint density at radius 3 is 2.70 bits per heavy atom. The number of nitrogens with zero attached hydrogens (tertiary/aromatic N) is 6. The van der Waals surface area contributed by atoms with Crippen molar-refractivity contribution in [2.75, 3.05) is 18.0 Å². The molecule has 0 spiro atoms. The molecule has 188 valence electrons. The number of hydrogen-bond acceptors (Lipinski definition) is 5. The van der Waals surface area contributed by atoms with Crippen LogP contribution in [0.25, 0.3) is 39.5 Å². The third kappa shape index (κ3) is 4.08. The van der Waals surface area contributed by atoms with Gasteiger partial charge in [0.05, 0.1) is 22.8 Å². The van der Waals surface area contributed by atoms with Crippen molar-refractivity contribution in [2.24, 2.45) is 18.9 Å². The molecule has 1 aromatic carbocycles. The fraction of sp³-hybridized carbons (Fsp3) is 0.333. The van der Waals surface area contributed by atoms with Gasteiger partial charge in [-0.05, 0) is 62.5 Å². The molecule has 2 aliphatic rings. The van der Waals surface area contributed by atoms with Crippen LogP contribution in [-0.2, 0) is 11.8 Å². The molecule has 1 aliphatic carbocycles. The van der Waals surface area contributed by atoms with Gasteiger partial charge in [-0.3, -0.25) is 4.68 Å². The minimum Gasteiger partial charge on any atom is -0.356 e. The van der Waals surface area contributed by atoms with Crippen molar-refractivity contribution in [3.05, 3.63) is 64.9 Å². The van der Waals surface area contributed by atoms with Crippen LogP contribution in [0.3, 0.4) is 0 Å². The summed E-state index contributed by atoms with van der Waals surface area (Å²) in [5, 5.41) is 13.2. The third-order valence-electron chi connectivity index (χ3n) is 7.75. The molecule has 4 aromatic rings. The summed E-state index contributed by atoms with van der Waals surface area (Å²) in [6, 6.07) is 10.4. The van der Waals surface area contributed by atoms with Crippen molar-refractivity contribution in [1.82, 2.24) is 24.5 Å². The second-order valence-electron chi connectivity index (χ2n) is 10.5. The predicted octanol–water partition coefficient (Wildman–Crippen LogP) is 3.78. The lowest BCUT2D eigenvalue weighted by molar-refractivity contribution is -0.111. The van der Waals surface area contributed by atoms with Crippen molar-refractivity contribution < 1.29 is 4.79 Å². The number of benzene rings is 1. The van der Waals surface area contributed by atoms with Crippen molar-refractivity contribution in [2.45, 2.75) is 33.6 Å². The van der Waals surface area contributed by atoms with Crippen molar-refractivity contribution in [1.29, 1.82) is 0 Å². The molecule has 0 saturated carbocycles. The number of carbonyl (C=O) groups is 1. The van der Waals surface area contributed by atoms with Crippen LogP contribution in [0.2, 0.25) is 0 Å². The monoisotopic (exact) mass is 492 g/mol. The smallest absolute Gasteiger partial charge is 0.128 e. The van der Waals surface area contributed by atoms with E-state index in [2.05, 4.69) is 78.1 Å². The van der Waals surface area contributed by atoms with Crippen LogP contribution in [0.5, 0.6) is 0 Å². The Morgan fingerprint density at radius 2 is 1.95 bits per heavy atom. The third-order valence-corrected chi connectivity index (χ3v) is 7.75. The summed E-state index contributed by atoms with van der Waals surface area (Å²) in [4.78, 5) is 18.4. The zero-order valence-corrected chi connectivity index (χ0v) is 21.8. The number of carbonyl (C=O) groups excluding carboxylic acids is 1. The lowest BCUT2D eigenvalue weighted by atomic mass is 10.0. The number of aldehydes is 1. The van der Waals surface area contributed by atoms with E-state index in [1.165, 1.54) is 11.1 Å². The second kappa shape index (κ2) is 9.14. The largest absolute Gasteiger partial charge is 0.356 e. The van der Waals surface area contributed by atoms with Crippen molar-refractivity contribution >= 4 is 34.7 Å². The van der Waals surface area contributed by atoms with Crippen molar-refractivity contribution in [3.8, 4) is 16.9 Å². The molecule has 2 atom stereocenters. The molecule has 4 heterocycles. The fourth-order valence-corrected chi connectivity index (χ4v) is 5.70. The molecule has 0 radical (unpaired) electrons. The van der Waals surface area contributed by atoms with Gasteiger partial charge in [-0.1, -0.05) is 30.7 Å². The number of allylic oxidation sites excluding steroid dienone is 2. The van der Waals surface area contributed by atoms with Gasteiger partial charge in [0.1, 0.15) is 17.8 Å². The Morgan fingerprint density at radius 1 is 1.08 bits per heavy atom. The molecule has 3 aromatic heterocycles. The number of pyridine rings is 1. The van der Waals surface area contributed by atoms with E-state index in [-0.39, 0.29) is 5.92 Å². The van der Waals surface area contributed by atoms with Crippen LogP contribution >= 0.6 is 0 Å². The van der Waals surface area contributed by atoms with Crippen LogP contribution in [-0.4, -0.2) is 43.9 Å².